The Bertz CT molecular complexity index is 675. The van der Waals surface area contributed by atoms with Crippen LogP contribution in [0.4, 0.5) is 5.69 Å². The third-order valence-electron chi connectivity index (χ3n) is 3.98. The maximum absolute atomic E-state index is 12.3. The van der Waals surface area contributed by atoms with E-state index in [1.54, 1.807) is 0 Å². The number of hydrogen-bond donors (Lipinski definition) is 2. The van der Waals surface area contributed by atoms with Crippen LogP contribution in [0.5, 0.6) is 5.75 Å². The van der Waals surface area contributed by atoms with Gasteiger partial charge in [0.05, 0.1) is 18.9 Å². The van der Waals surface area contributed by atoms with Crippen LogP contribution in [0, 0.1) is 0 Å². The van der Waals surface area contributed by atoms with Crippen molar-refractivity contribution < 1.29 is 14.3 Å². The lowest BCUT2D eigenvalue weighted by Gasteiger charge is -2.17. The van der Waals surface area contributed by atoms with Gasteiger partial charge in [-0.15, -0.1) is 12.4 Å². The van der Waals surface area contributed by atoms with Crippen LogP contribution in [0.3, 0.4) is 0 Å². The van der Waals surface area contributed by atoms with Gasteiger partial charge in [0.1, 0.15) is 11.9 Å². The topological polar surface area (TPSA) is 73.6 Å². The highest BCUT2D eigenvalue weighted by Gasteiger charge is 2.19. The second kappa shape index (κ2) is 9.42. The summed E-state index contributed by atoms with van der Waals surface area (Å²) in [6.45, 7) is 1.30. The average molecular weight is 363 g/mol. The van der Waals surface area contributed by atoms with E-state index in [4.69, 9.17) is 15.2 Å². The van der Waals surface area contributed by atoms with Crippen LogP contribution in [0.2, 0.25) is 0 Å². The van der Waals surface area contributed by atoms with Crippen molar-refractivity contribution >= 4 is 24.0 Å². The first kappa shape index (κ1) is 19.2. The predicted molar refractivity (Wildman–Crippen MR) is 100 cm³/mol. The molecule has 1 heterocycles. The van der Waals surface area contributed by atoms with Crippen molar-refractivity contribution in [2.75, 3.05) is 18.5 Å². The number of halogens is 1. The van der Waals surface area contributed by atoms with Crippen molar-refractivity contribution in [2.45, 2.75) is 25.0 Å². The molecular weight excluding hydrogens is 340 g/mol. The highest BCUT2D eigenvalue weighted by atomic mass is 35.5. The standard InChI is InChI=1S/C19H22N2O3.ClH/c20-16(14-6-2-1-3-7-14)12-19(22)21-17-8-4-5-9-18(17)24-15-10-11-23-13-15;/h1-9,15-16H,10-13,20H2,(H,21,22);1H. The fourth-order valence-corrected chi connectivity index (χ4v) is 2.68. The van der Waals surface area contributed by atoms with E-state index >= 15 is 0 Å². The predicted octanol–water partition coefficient (Wildman–Crippen LogP) is 3.30. The van der Waals surface area contributed by atoms with E-state index in [2.05, 4.69) is 5.32 Å². The molecule has 2 atom stereocenters. The number of rotatable bonds is 6. The van der Waals surface area contributed by atoms with Crippen LogP contribution >= 0.6 is 12.4 Å². The summed E-state index contributed by atoms with van der Waals surface area (Å²) in [7, 11) is 0. The highest BCUT2D eigenvalue weighted by molar-refractivity contribution is 5.92. The molecule has 2 unspecified atom stereocenters. The Morgan fingerprint density at radius 2 is 1.92 bits per heavy atom. The van der Waals surface area contributed by atoms with Crippen molar-refractivity contribution in [3.05, 3.63) is 60.2 Å². The summed E-state index contributed by atoms with van der Waals surface area (Å²) < 4.78 is 11.2. The summed E-state index contributed by atoms with van der Waals surface area (Å²) in [4.78, 5) is 12.3. The van der Waals surface area contributed by atoms with Gasteiger partial charge in [0.15, 0.2) is 0 Å². The third kappa shape index (κ3) is 5.46. The van der Waals surface area contributed by atoms with Crippen LogP contribution in [0.25, 0.3) is 0 Å². The zero-order chi connectivity index (χ0) is 16.8. The van der Waals surface area contributed by atoms with Gasteiger partial charge in [-0.2, -0.15) is 0 Å². The molecule has 3 rings (SSSR count). The Labute approximate surface area is 153 Å². The molecule has 0 spiro atoms. The number of para-hydroxylation sites is 2. The monoisotopic (exact) mass is 362 g/mol. The van der Waals surface area contributed by atoms with Crippen LogP contribution in [0.1, 0.15) is 24.4 Å². The Balaban J connectivity index is 0.00000225. The summed E-state index contributed by atoms with van der Waals surface area (Å²) in [5.41, 5.74) is 7.72. The molecular formula is C19H23ClN2O3. The van der Waals surface area contributed by atoms with E-state index in [9.17, 15) is 4.79 Å². The molecule has 0 bridgehead atoms. The molecule has 1 saturated heterocycles. The maximum atomic E-state index is 12.3. The largest absolute Gasteiger partial charge is 0.486 e. The molecule has 5 nitrogen and oxygen atoms in total. The number of carbonyl (C=O) groups is 1. The molecule has 6 heteroatoms. The number of carbonyl (C=O) groups excluding carboxylic acids is 1. The number of ether oxygens (including phenoxy) is 2. The molecule has 134 valence electrons. The molecule has 2 aromatic carbocycles. The lowest BCUT2D eigenvalue weighted by Crippen LogP contribution is -2.22. The molecule has 25 heavy (non-hydrogen) atoms. The minimum absolute atomic E-state index is 0. The Morgan fingerprint density at radius 1 is 1.20 bits per heavy atom. The summed E-state index contributed by atoms with van der Waals surface area (Å²) in [6, 6.07) is 16.7. The summed E-state index contributed by atoms with van der Waals surface area (Å²) >= 11 is 0. The normalized spacial score (nSPS) is 17.4. The lowest BCUT2D eigenvalue weighted by molar-refractivity contribution is -0.116. The first-order chi connectivity index (χ1) is 11.7. The van der Waals surface area contributed by atoms with Gasteiger partial charge in [-0.05, 0) is 17.7 Å². The second-order valence-corrected chi connectivity index (χ2v) is 5.87. The minimum Gasteiger partial charge on any atom is -0.486 e. The smallest absolute Gasteiger partial charge is 0.226 e. The Hall–Kier alpha value is -2.08. The number of anilines is 1. The third-order valence-corrected chi connectivity index (χ3v) is 3.98. The quantitative estimate of drug-likeness (QED) is 0.826. The van der Waals surface area contributed by atoms with E-state index in [1.165, 1.54) is 0 Å². The zero-order valence-electron chi connectivity index (χ0n) is 13.9. The number of amides is 1. The van der Waals surface area contributed by atoms with E-state index < -0.39 is 0 Å². The van der Waals surface area contributed by atoms with Crippen molar-refractivity contribution in [3.63, 3.8) is 0 Å². The molecule has 1 aliphatic rings. The summed E-state index contributed by atoms with van der Waals surface area (Å²) in [5, 5.41) is 2.90. The van der Waals surface area contributed by atoms with Gasteiger partial charge in [0.2, 0.25) is 5.91 Å². The van der Waals surface area contributed by atoms with Crippen LogP contribution < -0.4 is 15.8 Å². The molecule has 0 radical (unpaired) electrons. The van der Waals surface area contributed by atoms with Gasteiger partial charge >= 0.3 is 0 Å². The van der Waals surface area contributed by atoms with Crippen molar-refractivity contribution in [2.24, 2.45) is 5.73 Å². The van der Waals surface area contributed by atoms with Crippen molar-refractivity contribution in [1.29, 1.82) is 0 Å². The Morgan fingerprint density at radius 3 is 2.64 bits per heavy atom. The molecule has 0 aliphatic carbocycles. The van der Waals surface area contributed by atoms with E-state index in [1.807, 2.05) is 54.6 Å². The van der Waals surface area contributed by atoms with Crippen molar-refractivity contribution in [1.82, 2.24) is 0 Å². The van der Waals surface area contributed by atoms with E-state index in [0.29, 0.717) is 24.7 Å². The van der Waals surface area contributed by atoms with Gasteiger partial charge < -0.3 is 20.5 Å². The highest BCUT2D eigenvalue weighted by Crippen LogP contribution is 2.27. The van der Waals surface area contributed by atoms with Crippen molar-refractivity contribution in [3.8, 4) is 5.75 Å². The number of nitrogens with one attached hydrogen (secondary N) is 1. The van der Waals surface area contributed by atoms with E-state index in [-0.39, 0.29) is 36.9 Å². The molecule has 1 aliphatic heterocycles. The number of hydrogen-bond acceptors (Lipinski definition) is 4. The van der Waals surface area contributed by atoms with Gasteiger partial charge in [0, 0.05) is 18.9 Å². The summed E-state index contributed by atoms with van der Waals surface area (Å²) in [6.07, 6.45) is 1.11. The average Bonchev–Trinajstić information content (AvgIpc) is 3.10. The first-order valence-electron chi connectivity index (χ1n) is 8.16. The van der Waals surface area contributed by atoms with Crippen LogP contribution in [0.15, 0.2) is 54.6 Å². The molecule has 2 aromatic rings. The minimum atomic E-state index is -0.331. The van der Waals surface area contributed by atoms with Crippen LogP contribution in [-0.2, 0) is 9.53 Å². The molecule has 1 fully saturated rings. The lowest BCUT2D eigenvalue weighted by atomic mass is 10.0. The van der Waals surface area contributed by atoms with Crippen LogP contribution in [-0.4, -0.2) is 25.2 Å². The molecule has 0 aromatic heterocycles. The Kier molecular flexibility index (Phi) is 7.25. The van der Waals surface area contributed by atoms with Gasteiger partial charge in [0.25, 0.3) is 0 Å². The zero-order valence-corrected chi connectivity index (χ0v) is 14.7. The van der Waals surface area contributed by atoms with Gasteiger partial charge in [-0.3, -0.25) is 4.79 Å². The van der Waals surface area contributed by atoms with Gasteiger partial charge in [-0.25, -0.2) is 0 Å². The molecule has 0 saturated carbocycles. The molecule has 3 N–H and O–H groups in total. The first-order valence-corrected chi connectivity index (χ1v) is 8.16. The maximum Gasteiger partial charge on any atom is 0.226 e. The number of benzene rings is 2. The second-order valence-electron chi connectivity index (χ2n) is 5.87. The molecule has 1 amide bonds. The van der Waals surface area contributed by atoms with E-state index in [0.717, 1.165) is 12.0 Å². The summed E-state index contributed by atoms with van der Waals surface area (Å²) in [5.74, 6) is 0.528. The fraction of sp³-hybridized carbons (Fsp3) is 0.316. The fourth-order valence-electron chi connectivity index (χ4n) is 2.68. The van der Waals surface area contributed by atoms with Gasteiger partial charge in [-0.1, -0.05) is 42.5 Å². The SMILES string of the molecule is Cl.NC(CC(=O)Nc1ccccc1OC1CCOC1)c1ccccc1. The number of nitrogens with two attached hydrogens (primary N) is 1.